The van der Waals surface area contributed by atoms with Crippen LogP contribution in [-0.2, 0) is 6.54 Å². The smallest absolute Gasteiger partial charge is 0.257 e. The van der Waals surface area contributed by atoms with Gasteiger partial charge in [-0.15, -0.1) is 0 Å². The van der Waals surface area contributed by atoms with Gasteiger partial charge in [0.05, 0.1) is 18.2 Å². The van der Waals surface area contributed by atoms with E-state index in [1.54, 1.807) is 19.2 Å². The van der Waals surface area contributed by atoms with Crippen molar-refractivity contribution in [3.05, 3.63) is 89.2 Å². The van der Waals surface area contributed by atoms with Gasteiger partial charge in [-0.2, -0.15) is 0 Å². The number of ether oxygens (including phenoxy) is 1. The number of pyridine rings is 1. The largest absolute Gasteiger partial charge is 0.497 e. The molecular weight excluding hydrogens is 380 g/mol. The van der Waals surface area contributed by atoms with Gasteiger partial charge in [0, 0.05) is 18.9 Å². The molecule has 0 saturated carbocycles. The molecule has 0 spiro atoms. The Balaban J connectivity index is 1.67. The molecule has 29 heavy (non-hydrogen) atoms. The van der Waals surface area contributed by atoms with Gasteiger partial charge < -0.3 is 15.4 Å². The molecule has 1 heterocycles. The number of para-hydroxylation sites is 1. The summed E-state index contributed by atoms with van der Waals surface area (Å²) in [5.41, 5.74) is 0.424. The minimum atomic E-state index is -0.903. The number of aromatic nitrogens is 1. The molecule has 6 nitrogen and oxygen atoms in total. The lowest BCUT2D eigenvalue weighted by atomic mass is 10.1. The Morgan fingerprint density at radius 2 is 1.59 bits per heavy atom. The first-order valence-electron chi connectivity index (χ1n) is 8.59. The van der Waals surface area contributed by atoms with E-state index in [0.717, 1.165) is 17.7 Å². The summed E-state index contributed by atoms with van der Waals surface area (Å²) in [7, 11) is 1.56. The van der Waals surface area contributed by atoms with Gasteiger partial charge in [0.15, 0.2) is 0 Å². The van der Waals surface area contributed by atoms with Gasteiger partial charge in [-0.05, 0) is 35.9 Å². The number of nitrogens with zero attached hydrogens (tertiary/aromatic N) is 1. The number of nitrogens with one attached hydrogen (secondary N) is 2. The third-order valence-corrected chi connectivity index (χ3v) is 4.08. The van der Waals surface area contributed by atoms with Gasteiger partial charge in [0.25, 0.3) is 11.8 Å². The standard InChI is InChI=1S/C21H17F2N3O3/c1-29-16-7-5-13(6-8-16)10-25-20(27)14-9-15(12-24-11-14)21(28)26-19-17(22)3-2-4-18(19)23/h2-9,11-12H,10H2,1H3,(H,25,27)(H,26,28). The molecule has 8 heteroatoms. The summed E-state index contributed by atoms with van der Waals surface area (Å²) >= 11 is 0. The molecule has 0 aliphatic rings. The SMILES string of the molecule is COc1ccc(CNC(=O)c2cncc(C(=O)Nc3c(F)cccc3F)c2)cc1. The summed E-state index contributed by atoms with van der Waals surface area (Å²) in [6.07, 6.45) is 2.50. The Hall–Kier alpha value is -3.81. The van der Waals surface area contributed by atoms with Gasteiger partial charge >= 0.3 is 0 Å². The van der Waals surface area contributed by atoms with Gasteiger partial charge in [0.1, 0.15) is 23.1 Å². The summed E-state index contributed by atoms with van der Waals surface area (Å²) in [6.45, 7) is 0.264. The molecular formula is C21H17F2N3O3. The molecule has 0 fully saturated rings. The Morgan fingerprint density at radius 3 is 2.21 bits per heavy atom. The number of benzene rings is 2. The number of carbonyl (C=O) groups is 2. The zero-order valence-corrected chi connectivity index (χ0v) is 15.4. The van der Waals surface area contributed by atoms with Crippen molar-refractivity contribution in [2.45, 2.75) is 6.54 Å². The minimum Gasteiger partial charge on any atom is -0.497 e. The van der Waals surface area contributed by atoms with Crippen LogP contribution in [0.1, 0.15) is 26.3 Å². The first kappa shape index (κ1) is 19.9. The number of rotatable bonds is 6. The van der Waals surface area contributed by atoms with E-state index in [-0.39, 0.29) is 17.7 Å². The second kappa shape index (κ2) is 8.92. The van der Waals surface area contributed by atoms with Crippen molar-refractivity contribution in [3.63, 3.8) is 0 Å². The van der Waals surface area contributed by atoms with Crippen LogP contribution in [0.5, 0.6) is 5.75 Å². The number of amides is 2. The van der Waals surface area contributed by atoms with E-state index < -0.39 is 29.1 Å². The second-order valence-electron chi connectivity index (χ2n) is 6.04. The van der Waals surface area contributed by atoms with Crippen molar-refractivity contribution in [1.29, 1.82) is 0 Å². The lowest BCUT2D eigenvalue weighted by Crippen LogP contribution is -2.23. The quantitative estimate of drug-likeness (QED) is 0.667. The molecule has 3 rings (SSSR count). The second-order valence-corrected chi connectivity index (χ2v) is 6.04. The van der Waals surface area contributed by atoms with Crippen LogP contribution in [0.4, 0.5) is 14.5 Å². The summed E-state index contributed by atoms with van der Waals surface area (Å²) in [4.78, 5) is 28.5. The third kappa shape index (κ3) is 4.92. The number of anilines is 1. The highest BCUT2D eigenvalue weighted by Gasteiger charge is 2.15. The average Bonchev–Trinajstić information content (AvgIpc) is 2.75. The van der Waals surface area contributed by atoms with Gasteiger partial charge in [-0.25, -0.2) is 8.78 Å². The van der Waals surface area contributed by atoms with Crippen LogP contribution >= 0.6 is 0 Å². The number of halogens is 2. The summed E-state index contributed by atoms with van der Waals surface area (Å²) in [5, 5.41) is 4.87. The van der Waals surface area contributed by atoms with Crippen molar-refractivity contribution in [2.75, 3.05) is 12.4 Å². The average molecular weight is 397 g/mol. The lowest BCUT2D eigenvalue weighted by molar-refractivity contribution is 0.0950. The molecule has 3 aromatic rings. The predicted octanol–water partition coefficient (Wildman–Crippen LogP) is 3.55. The molecule has 0 unspecified atom stereocenters. The zero-order valence-electron chi connectivity index (χ0n) is 15.4. The molecule has 0 bridgehead atoms. The maximum Gasteiger partial charge on any atom is 0.257 e. The van der Waals surface area contributed by atoms with Crippen molar-refractivity contribution in [3.8, 4) is 5.75 Å². The van der Waals surface area contributed by atoms with Crippen molar-refractivity contribution >= 4 is 17.5 Å². The Labute approximate surface area is 165 Å². The van der Waals surface area contributed by atoms with Gasteiger partial charge in [-0.3, -0.25) is 14.6 Å². The molecule has 0 atom stereocenters. The van der Waals surface area contributed by atoms with Crippen molar-refractivity contribution in [1.82, 2.24) is 10.3 Å². The third-order valence-electron chi connectivity index (χ3n) is 4.08. The molecule has 148 valence electrons. The first-order chi connectivity index (χ1) is 14.0. The van der Waals surface area contributed by atoms with Crippen molar-refractivity contribution in [2.24, 2.45) is 0 Å². The Morgan fingerprint density at radius 1 is 0.966 bits per heavy atom. The summed E-state index contributed by atoms with van der Waals surface area (Å²) < 4.78 is 32.5. The fourth-order valence-electron chi connectivity index (χ4n) is 2.52. The molecule has 2 N–H and O–H groups in total. The molecule has 2 amide bonds. The van der Waals surface area contributed by atoms with Gasteiger partial charge in [0.2, 0.25) is 0 Å². The number of methoxy groups -OCH3 is 1. The van der Waals surface area contributed by atoms with E-state index in [2.05, 4.69) is 15.6 Å². The molecule has 1 aromatic heterocycles. The van der Waals surface area contributed by atoms with E-state index in [1.807, 2.05) is 12.1 Å². The topological polar surface area (TPSA) is 80.3 Å². The van der Waals surface area contributed by atoms with Crippen LogP contribution in [0, 0.1) is 11.6 Å². The molecule has 0 aliphatic heterocycles. The van der Waals surface area contributed by atoms with E-state index in [1.165, 1.54) is 24.5 Å². The van der Waals surface area contributed by atoms with Crippen LogP contribution in [0.3, 0.4) is 0 Å². The number of hydrogen-bond acceptors (Lipinski definition) is 4. The zero-order chi connectivity index (χ0) is 20.8. The maximum absolute atomic E-state index is 13.7. The van der Waals surface area contributed by atoms with E-state index in [0.29, 0.717) is 5.75 Å². The minimum absolute atomic E-state index is 0.00949. The molecule has 0 aliphatic carbocycles. The normalized spacial score (nSPS) is 10.3. The van der Waals surface area contributed by atoms with Crippen LogP contribution < -0.4 is 15.4 Å². The Bertz CT molecular complexity index is 1020. The molecule has 2 aromatic carbocycles. The summed E-state index contributed by atoms with van der Waals surface area (Å²) in [6, 6.07) is 11.7. The highest BCUT2D eigenvalue weighted by atomic mass is 19.1. The highest BCUT2D eigenvalue weighted by Crippen LogP contribution is 2.19. The lowest BCUT2D eigenvalue weighted by Gasteiger charge is -2.09. The molecule has 0 radical (unpaired) electrons. The van der Waals surface area contributed by atoms with Crippen LogP contribution in [0.15, 0.2) is 60.9 Å². The van der Waals surface area contributed by atoms with Gasteiger partial charge in [-0.1, -0.05) is 18.2 Å². The predicted molar refractivity (Wildman–Crippen MR) is 103 cm³/mol. The van der Waals surface area contributed by atoms with E-state index >= 15 is 0 Å². The van der Waals surface area contributed by atoms with Crippen LogP contribution in [-0.4, -0.2) is 23.9 Å². The molecule has 0 saturated heterocycles. The first-order valence-corrected chi connectivity index (χ1v) is 8.59. The van der Waals surface area contributed by atoms with E-state index in [9.17, 15) is 18.4 Å². The van der Waals surface area contributed by atoms with E-state index in [4.69, 9.17) is 4.74 Å². The Kier molecular flexibility index (Phi) is 6.13. The monoisotopic (exact) mass is 397 g/mol. The van der Waals surface area contributed by atoms with Crippen LogP contribution in [0.25, 0.3) is 0 Å². The number of carbonyl (C=O) groups excluding carboxylic acids is 2. The summed E-state index contributed by atoms with van der Waals surface area (Å²) in [5.74, 6) is -2.33. The number of hydrogen-bond donors (Lipinski definition) is 2. The highest BCUT2D eigenvalue weighted by molar-refractivity contribution is 6.05. The van der Waals surface area contributed by atoms with Crippen LogP contribution in [0.2, 0.25) is 0 Å². The fourth-order valence-corrected chi connectivity index (χ4v) is 2.52. The fraction of sp³-hybridized carbons (Fsp3) is 0.0952. The van der Waals surface area contributed by atoms with Crippen molar-refractivity contribution < 1.29 is 23.1 Å². The maximum atomic E-state index is 13.7.